The van der Waals surface area contributed by atoms with Gasteiger partial charge in [-0.25, -0.2) is 0 Å². The van der Waals surface area contributed by atoms with Crippen molar-refractivity contribution in [3.8, 4) is 0 Å². The molecule has 0 bridgehead atoms. The summed E-state index contributed by atoms with van der Waals surface area (Å²) < 4.78 is 4.95. The minimum absolute atomic E-state index is 0.150. The second kappa shape index (κ2) is 4.09. The van der Waals surface area contributed by atoms with E-state index in [9.17, 15) is 4.79 Å². The van der Waals surface area contributed by atoms with Crippen molar-refractivity contribution in [2.45, 2.75) is 20.3 Å². The van der Waals surface area contributed by atoms with E-state index in [-0.39, 0.29) is 18.3 Å². The molecule has 0 aromatic carbocycles. The Bertz CT molecular complexity index is 469. The number of aromatic nitrogens is 5. The molecule has 8 heteroatoms. The number of aromatic amines is 1. The van der Waals surface area contributed by atoms with Gasteiger partial charge in [-0.3, -0.25) is 10.1 Å². The molecule has 0 spiro atoms. The molecule has 0 atom stereocenters. The summed E-state index contributed by atoms with van der Waals surface area (Å²) in [5.41, 5.74) is 1.49. The number of anilines is 1. The molecule has 8 nitrogen and oxygen atoms in total. The molecule has 2 aromatic heterocycles. The molecule has 0 fully saturated rings. The number of hydrogen-bond acceptors (Lipinski definition) is 6. The van der Waals surface area contributed by atoms with Crippen molar-refractivity contribution in [2.24, 2.45) is 0 Å². The van der Waals surface area contributed by atoms with E-state index in [1.165, 1.54) is 0 Å². The van der Waals surface area contributed by atoms with Gasteiger partial charge in [0.2, 0.25) is 5.91 Å². The van der Waals surface area contributed by atoms with Gasteiger partial charge in [0.1, 0.15) is 5.76 Å². The third-order valence-corrected chi connectivity index (χ3v) is 2.12. The van der Waals surface area contributed by atoms with Gasteiger partial charge in [-0.2, -0.15) is 5.21 Å². The predicted molar refractivity (Wildman–Crippen MR) is 52.5 cm³/mol. The molecule has 0 saturated heterocycles. The lowest BCUT2D eigenvalue weighted by molar-refractivity contribution is -0.115. The summed E-state index contributed by atoms with van der Waals surface area (Å²) in [7, 11) is 0. The third kappa shape index (κ3) is 2.05. The van der Waals surface area contributed by atoms with Crippen molar-refractivity contribution in [3.05, 3.63) is 17.0 Å². The summed E-state index contributed by atoms with van der Waals surface area (Å²) in [4.78, 5) is 11.6. The number of nitrogens with zero attached hydrogens (tertiary/aromatic N) is 4. The molecule has 0 aliphatic carbocycles. The maximum absolute atomic E-state index is 11.6. The zero-order valence-corrected chi connectivity index (χ0v) is 8.81. The van der Waals surface area contributed by atoms with Gasteiger partial charge in [-0.15, -0.1) is 5.10 Å². The van der Waals surface area contributed by atoms with Gasteiger partial charge in [-0.05, 0) is 19.1 Å². The second-order valence-corrected chi connectivity index (χ2v) is 3.26. The minimum atomic E-state index is -0.240. The quantitative estimate of drug-likeness (QED) is 0.755. The van der Waals surface area contributed by atoms with Crippen molar-refractivity contribution in [2.75, 3.05) is 5.32 Å². The summed E-state index contributed by atoms with van der Waals surface area (Å²) >= 11 is 0. The van der Waals surface area contributed by atoms with E-state index in [1.54, 1.807) is 13.8 Å². The SMILES string of the molecule is Cc1noc(C)c1CC(=O)Nc1nn[nH]n1. The summed E-state index contributed by atoms with van der Waals surface area (Å²) in [5, 5.41) is 19.0. The molecule has 2 heterocycles. The first-order chi connectivity index (χ1) is 7.66. The molecule has 0 radical (unpaired) electrons. The predicted octanol–water partition coefficient (Wildman–Crippen LogP) is -0.0143. The number of amides is 1. The summed E-state index contributed by atoms with van der Waals surface area (Å²) in [6, 6.07) is 0. The van der Waals surface area contributed by atoms with Crippen LogP contribution in [0.15, 0.2) is 4.52 Å². The van der Waals surface area contributed by atoms with Crippen LogP contribution in [-0.4, -0.2) is 31.7 Å². The van der Waals surface area contributed by atoms with E-state index in [4.69, 9.17) is 4.52 Å². The van der Waals surface area contributed by atoms with Crippen molar-refractivity contribution in [1.29, 1.82) is 0 Å². The van der Waals surface area contributed by atoms with E-state index in [2.05, 4.69) is 31.1 Å². The Labute approximate surface area is 90.4 Å². The largest absolute Gasteiger partial charge is 0.361 e. The van der Waals surface area contributed by atoms with Crippen LogP contribution >= 0.6 is 0 Å². The summed E-state index contributed by atoms with van der Waals surface area (Å²) in [6.45, 7) is 3.55. The molecule has 16 heavy (non-hydrogen) atoms. The van der Waals surface area contributed by atoms with Crippen LogP contribution in [0.2, 0.25) is 0 Å². The zero-order valence-electron chi connectivity index (χ0n) is 8.81. The number of carbonyl (C=O) groups is 1. The van der Waals surface area contributed by atoms with E-state index < -0.39 is 0 Å². The zero-order chi connectivity index (χ0) is 11.5. The topological polar surface area (TPSA) is 110 Å². The van der Waals surface area contributed by atoms with Crippen LogP contribution in [0.1, 0.15) is 17.0 Å². The van der Waals surface area contributed by atoms with Crippen molar-refractivity contribution in [1.82, 2.24) is 25.8 Å². The Morgan fingerprint density at radius 1 is 1.50 bits per heavy atom. The van der Waals surface area contributed by atoms with Gasteiger partial charge >= 0.3 is 0 Å². The molecule has 0 unspecified atom stereocenters. The van der Waals surface area contributed by atoms with Crippen LogP contribution in [0.4, 0.5) is 5.95 Å². The number of aryl methyl sites for hydroxylation is 2. The molecule has 2 N–H and O–H groups in total. The number of H-pyrrole nitrogens is 1. The average Bonchev–Trinajstić information content (AvgIpc) is 2.83. The Hall–Kier alpha value is -2.25. The molecule has 0 aliphatic heterocycles. The maximum atomic E-state index is 11.6. The van der Waals surface area contributed by atoms with Crippen molar-refractivity contribution >= 4 is 11.9 Å². The average molecular weight is 222 g/mol. The Balaban J connectivity index is 2.03. The van der Waals surface area contributed by atoms with Crippen LogP contribution in [0.25, 0.3) is 0 Å². The highest BCUT2D eigenvalue weighted by Crippen LogP contribution is 2.13. The first kappa shape index (κ1) is 10.3. The molecular formula is C8H10N6O2. The molecular weight excluding hydrogens is 212 g/mol. The highest BCUT2D eigenvalue weighted by atomic mass is 16.5. The van der Waals surface area contributed by atoms with Crippen molar-refractivity contribution in [3.63, 3.8) is 0 Å². The van der Waals surface area contributed by atoms with Gasteiger partial charge in [-0.1, -0.05) is 10.3 Å². The standard InChI is InChI=1S/C8H10N6O2/c1-4-6(5(2)16-12-4)3-7(15)9-8-10-13-14-11-8/h3H2,1-2H3,(H2,9,10,11,13,14,15). The van der Waals surface area contributed by atoms with Gasteiger partial charge in [0.15, 0.2) is 0 Å². The smallest absolute Gasteiger partial charge is 0.269 e. The first-order valence-electron chi connectivity index (χ1n) is 4.62. The van der Waals surface area contributed by atoms with Crippen LogP contribution in [0.3, 0.4) is 0 Å². The molecule has 84 valence electrons. The lowest BCUT2D eigenvalue weighted by atomic mass is 10.1. The Morgan fingerprint density at radius 3 is 2.88 bits per heavy atom. The van der Waals surface area contributed by atoms with Gasteiger partial charge in [0.05, 0.1) is 12.1 Å². The van der Waals surface area contributed by atoms with Gasteiger partial charge < -0.3 is 4.52 Å². The van der Waals surface area contributed by atoms with Gasteiger partial charge in [0, 0.05) is 5.56 Å². The van der Waals surface area contributed by atoms with E-state index in [0.29, 0.717) is 11.5 Å². The van der Waals surface area contributed by atoms with Crippen LogP contribution in [0.5, 0.6) is 0 Å². The summed E-state index contributed by atoms with van der Waals surface area (Å²) in [6.07, 6.45) is 0.176. The fraction of sp³-hybridized carbons (Fsp3) is 0.375. The van der Waals surface area contributed by atoms with E-state index >= 15 is 0 Å². The monoisotopic (exact) mass is 222 g/mol. The van der Waals surface area contributed by atoms with Crippen LogP contribution in [0, 0.1) is 13.8 Å². The van der Waals surface area contributed by atoms with E-state index in [1.807, 2.05) is 0 Å². The molecule has 0 aliphatic rings. The number of carbonyl (C=O) groups excluding carboxylic acids is 1. The number of hydrogen-bond donors (Lipinski definition) is 2. The fourth-order valence-corrected chi connectivity index (χ4v) is 1.30. The normalized spacial score (nSPS) is 10.4. The summed E-state index contributed by atoms with van der Waals surface area (Å²) in [5.74, 6) is 0.549. The second-order valence-electron chi connectivity index (χ2n) is 3.26. The number of tetrazole rings is 1. The Kier molecular flexibility index (Phi) is 2.63. The highest BCUT2D eigenvalue weighted by Gasteiger charge is 2.14. The minimum Gasteiger partial charge on any atom is -0.361 e. The third-order valence-electron chi connectivity index (χ3n) is 2.12. The number of nitrogens with one attached hydrogen (secondary N) is 2. The van der Waals surface area contributed by atoms with Crippen molar-refractivity contribution < 1.29 is 9.32 Å². The lowest BCUT2D eigenvalue weighted by Crippen LogP contribution is -2.16. The van der Waals surface area contributed by atoms with Crippen LogP contribution < -0.4 is 5.32 Å². The molecule has 2 rings (SSSR count). The lowest BCUT2D eigenvalue weighted by Gasteiger charge is -1.99. The maximum Gasteiger partial charge on any atom is 0.269 e. The molecule has 1 amide bonds. The fourth-order valence-electron chi connectivity index (χ4n) is 1.30. The Morgan fingerprint density at radius 2 is 2.31 bits per heavy atom. The highest BCUT2D eigenvalue weighted by molar-refractivity contribution is 5.90. The van der Waals surface area contributed by atoms with Crippen LogP contribution in [-0.2, 0) is 11.2 Å². The molecule has 0 saturated carbocycles. The first-order valence-corrected chi connectivity index (χ1v) is 4.62. The number of rotatable bonds is 3. The van der Waals surface area contributed by atoms with Gasteiger partial charge in [0.25, 0.3) is 5.95 Å². The molecule has 2 aromatic rings. The van der Waals surface area contributed by atoms with E-state index in [0.717, 1.165) is 5.56 Å².